The van der Waals surface area contributed by atoms with E-state index in [1.165, 1.54) is 43.3 Å². The SMILES string of the molecule is NC1Cn2c3c(c4ccccc42)CCN2CCC[C@H]1[C@H]32. The van der Waals surface area contributed by atoms with E-state index in [1.807, 2.05) is 0 Å². The first-order chi connectivity index (χ1) is 9.84. The second kappa shape index (κ2) is 3.86. The van der Waals surface area contributed by atoms with Crippen LogP contribution in [0.1, 0.15) is 30.1 Å². The molecule has 1 aromatic heterocycles. The van der Waals surface area contributed by atoms with E-state index in [4.69, 9.17) is 5.73 Å². The minimum Gasteiger partial charge on any atom is -0.341 e. The number of benzene rings is 1. The van der Waals surface area contributed by atoms with Crippen LogP contribution >= 0.6 is 0 Å². The molecule has 0 amide bonds. The molecule has 3 aliphatic rings. The molecule has 5 rings (SSSR count). The minimum atomic E-state index is 0.317. The molecule has 4 heterocycles. The Morgan fingerprint density at radius 1 is 1.15 bits per heavy atom. The third-order valence-corrected chi connectivity index (χ3v) is 5.77. The molecule has 3 nitrogen and oxygen atoms in total. The largest absolute Gasteiger partial charge is 0.341 e. The summed E-state index contributed by atoms with van der Waals surface area (Å²) in [4.78, 5) is 2.70. The van der Waals surface area contributed by atoms with Gasteiger partial charge in [0.2, 0.25) is 0 Å². The topological polar surface area (TPSA) is 34.2 Å². The molecule has 1 unspecified atom stereocenters. The lowest BCUT2D eigenvalue weighted by Crippen LogP contribution is -2.53. The number of nitrogens with two attached hydrogens (primary N) is 1. The van der Waals surface area contributed by atoms with Gasteiger partial charge in [0.25, 0.3) is 0 Å². The third kappa shape index (κ3) is 1.28. The molecule has 0 bridgehead atoms. The van der Waals surface area contributed by atoms with Crippen LogP contribution in [0.25, 0.3) is 10.9 Å². The maximum atomic E-state index is 6.54. The highest BCUT2D eigenvalue weighted by atomic mass is 15.2. The van der Waals surface area contributed by atoms with Gasteiger partial charge in [0.15, 0.2) is 0 Å². The first-order valence-corrected chi connectivity index (χ1v) is 7.94. The summed E-state index contributed by atoms with van der Waals surface area (Å²) in [7, 11) is 0. The number of hydrogen-bond donors (Lipinski definition) is 1. The van der Waals surface area contributed by atoms with Gasteiger partial charge in [-0.3, -0.25) is 4.90 Å². The van der Waals surface area contributed by atoms with Crippen molar-refractivity contribution in [1.29, 1.82) is 0 Å². The van der Waals surface area contributed by atoms with Gasteiger partial charge in [0.1, 0.15) is 0 Å². The zero-order valence-electron chi connectivity index (χ0n) is 11.8. The van der Waals surface area contributed by atoms with Crippen molar-refractivity contribution in [1.82, 2.24) is 9.47 Å². The van der Waals surface area contributed by atoms with Crippen LogP contribution in [0.2, 0.25) is 0 Å². The highest BCUT2D eigenvalue weighted by Crippen LogP contribution is 2.47. The van der Waals surface area contributed by atoms with Gasteiger partial charge in [-0.2, -0.15) is 0 Å². The van der Waals surface area contributed by atoms with Crippen LogP contribution in [0, 0.1) is 5.92 Å². The molecule has 0 radical (unpaired) electrons. The van der Waals surface area contributed by atoms with Crippen molar-refractivity contribution in [2.75, 3.05) is 13.1 Å². The Balaban J connectivity index is 1.83. The Bertz CT molecular complexity index is 687. The van der Waals surface area contributed by atoms with Crippen LogP contribution in [0.15, 0.2) is 24.3 Å². The zero-order valence-corrected chi connectivity index (χ0v) is 11.8. The molecule has 1 saturated heterocycles. The molecule has 2 N–H and O–H groups in total. The van der Waals surface area contributed by atoms with Gasteiger partial charge in [0.05, 0.1) is 6.04 Å². The molecular formula is C17H21N3. The lowest BCUT2D eigenvalue weighted by molar-refractivity contribution is 0.0462. The van der Waals surface area contributed by atoms with E-state index in [9.17, 15) is 0 Å². The monoisotopic (exact) mass is 267 g/mol. The molecule has 1 aromatic carbocycles. The van der Waals surface area contributed by atoms with Crippen molar-refractivity contribution in [2.24, 2.45) is 11.7 Å². The van der Waals surface area contributed by atoms with Crippen molar-refractivity contribution in [3.05, 3.63) is 35.5 Å². The van der Waals surface area contributed by atoms with Gasteiger partial charge in [-0.15, -0.1) is 0 Å². The fourth-order valence-corrected chi connectivity index (χ4v) is 4.97. The fraction of sp³-hybridized carbons (Fsp3) is 0.529. The quantitative estimate of drug-likeness (QED) is 0.794. The molecule has 3 aliphatic heterocycles. The number of aromatic nitrogens is 1. The average molecular weight is 267 g/mol. The summed E-state index contributed by atoms with van der Waals surface area (Å²) in [6.45, 7) is 3.48. The smallest absolute Gasteiger partial charge is 0.0547 e. The number of hydrogen-bond acceptors (Lipinski definition) is 2. The van der Waals surface area contributed by atoms with Crippen LogP contribution in [-0.4, -0.2) is 28.6 Å². The first-order valence-electron chi connectivity index (χ1n) is 7.94. The zero-order chi connectivity index (χ0) is 13.3. The average Bonchev–Trinajstić information content (AvgIpc) is 2.82. The maximum absolute atomic E-state index is 6.54. The third-order valence-electron chi connectivity index (χ3n) is 5.77. The van der Waals surface area contributed by atoms with Crippen molar-refractivity contribution in [2.45, 2.75) is 37.9 Å². The van der Waals surface area contributed by atoms with Gasteiger partial charge in [-0.25, -0.2) is 0 Å². The molecule has 1 fully saturated rings. The highest BCUT2D eigenvalue weighted by Gasteiger charge is 2.44. The summed E-state index contributed by atoms with van der Waals surface area (Å²) in [5.74, 6) is 0.666. The Kier molecular flexibility index (Phi) is 2.19. The van der Waals surface area contributed by atoms with Crippen molar-refractivity contribution < 1.29 is 0 Å². The molecule has 2 aromatic rings. The minimum absolute atomic E-state index is 0.317. The Hall–Kier alpha value is -1.32. The first kappa shape index (κ1) is 11.4. The van der Waals surface area contributed by atoms with Crippen molar-refractivity contribution in [3.63, 3.8) is 0 Å². The summed E-state index contributed by atoms with van der Waals surface area (Å²) in [5, 5.41) is 1.47. The van der Waals surface area contributed by atoms with E-state index in [2.05, 4.69) is 33.7 Å². The van der Waals surface area contributed by atoms with Gasteiger partial charge >= 0.3 is 0 Å². The van der Waals surface area contributed by atoms with Crippen molar-refractivity contribution in [3.8, 4) is 0 Å². The lowest BCUT2D eigenvalue weighted by atomic mass is 9.76. The van der Waals surface area contributed by atoms with Gasteiger partial charge < -0.3 is 10.3 Å². The molecule has 104 valence electrons. The van der Waals surface area contributed by atoms with Crippen molar-refractivity contribution >= 4 is 10.9 Å². The number of rotatable bonds is 0. The summed E-state index contributed by atoms with van der Waals surface area (Å²) in [5.41, 5.74) is 11.2. The maximum Gasteiger partial charge on any atom is 0.0547 e. The van der Waals surface area contributed by atoms with Gasteiger partial charge in [-0.1, -0.05) is 18.2 Å². The van der Waals surface area contributed by atoms with E-state index >= 15 is 0 Å². The van der Waals surface area contributed by atoms with E-state index in [1.54, 1.807) is 11.3 Å². The molecule has 3 atom stereocenters. The van der Waals surface area contributed by atoms with Crippen LogP contribution < -0.4 is 5.73 Å². The van der Waals surface area contributed by atoms with E-state index in [0.717, 1.165) is 6.54 Å². The van der Waals surface area contributed by atoms with E-state index < -0.39 is 0 Å². The van der Waals surface area contributed by atoms with Gasteiger partial charge in [-0.05, 0) is 43.4 Å². The van der Waals surface area contributed by atoms with E-state index in [0.29, 0.717) is 18.0 Å². The molecule has 0 aliphatic carbocycles. The molecule has 0 spiro atoms. The van der Waals surface area contributed by atoms with Crippen LogP contribution in [-0.2, 0) is 13.0 Å². The predicted octanol–water partition coefficient (Wildman–Crippen LogP) is 2.29. The lowest BCUT2D eigenvalue weighted by Gasteiger charge is -2.49. The van der Waals surface area contributed by atoms with Crippen LogP contribution in [0.3, 0.4) is 0 Å². The van der Waals surface area contributed by atoms with Gasteiger partial charge in [0, 0.05) is 35.7 Å². The summed E-state index contributed by atoms with van der Waals surface area (Å²) < 4.78 is 2.54. The van der Waals surface area contributed by atoms with E-state index in [-0.39, 0.29) is 0 Å². The standard InChI is InChI=1S/C17H21N3/c18-14-10-20-15-6-2-1-4-11(15)12-7-9-19-8-3-5-13(14)16(19)17(12)20/h1-2,4,6,13-14,16H,3,5,7-10,18H2/t13-,14?,16-/m1/s1. The van der Waals surface area contributed by atoms with Crippen LogP contribution in [0.4, 0.5) is 0 Å². The summed E-state index contributed by atoms with van der Waals surface area (Å²) in [6.07, 6.45) is 3.84. The Labute approximate surface area is 119 Å². The molecular weight excluding hydrogens is 246 g/mol. The predicted molar refractivity (Wildman–Crippen MR) is 80.7 cm³/mol. The fourth-order valence-electron chi connectivity index (χ4n) is 4.97. The number of piperidine rings is 1. The molecule has 20 heavy (non-hydrogen) atoms. The molecule has 3 heteroatoms. The Morgan fingerprint density at radius 2 is 2.05 bits per heavy atom. The Morgan fingerprint density at radius 3 is 3.00 bits per heavy atom. The normalized spacial score (nSPS) is 32.4. The molecule has 0 saturated carbocycles. The van der Waals surface area contributed by atoms with Crippen LogP contribution in [0.5, 0.6) is 0 Å². The highest BCUT2D eigenvalue weighted by molar-refractivity contribution is 5.86. The summed E-state index contributed by atoms with van der Waals surface area (Å²) >= 11 is 0. The second-order valence-electron chi connectivity index (χ2n) is 6.69. The summed E-state index contributed by atoms with van der Waals surface area (Å²) in [6, 6.07) is 9.81. The second-order valence-corrected chi connectivity index (χ2v) is 6.69. The number of para-hydroxylation sites is 1. The number of nitrogens with zero attached hydrogens (tertiary/aromatic N) is 2. The number of fused-ring (bicyclic) bond motifs is 3.